The smallest absolute Gasteiger partial charge is 0.338 e. The van der Waals surface area contributed by atoms with Crippen LogP contribution in [0.3, 0.4) is 0 Å². The van der Waals surface area contributed by atoms with Gasteiger partial charge in [0.05, 0.1) is 30.3 Å². The van der Waals surface area contributed by atoms with Crippen molar-refractivity contribution < 1.29 is 19.1 Å². The van der Waals surface area contributed by atoms with Crippen LogP contribution in [-0.4, -0.2) is 48.3 Å². The minimum absolute atomic E-state index is 0.00419. The zero-order valence-electron chi connectivity index (χ0n) is 18.9. The molecule has 32 heavy (non-hydrogen) atoms. The second-order valence-corrected chi connectivity index (χ2v) is 9.24. The summed E-state index contributed by atoms with van der Waals surface area (Å²) in [6.45, 7) is 6.43. The summed E-state index contributed by atoms with van der Waals surface area (Å²) in [5, 5.41) is 5.79. The molecule has 170 valence electrons. The van der Waals surface area contributed by atoms with E-state index in [-0.39, 0.29) is 18.9 Å². The van der Waals surface area contributed by atoms with Crippen molar-refractivity contribution >= 4 is 28.8 Å². The summed E-state index contributed by atoms with van der Waals surface area (Å²) in [5.41, 5.74) is 5.19. The number of allylic oxidation sites excluding steroid dienone is 1. The van der Waals surface area contributed by atoms with E-state index in [1.54, 1.807) is 7.11 Å². The number of hydrogen-bond acceptors (Lipinski definition) is 7. The third-order valence-electron chi connectivity index (χ3n) is 5.75. The van der Waals surface area contributed by atoms with Crippen LogP contribution >= 0.6 is 11.8 Å². The molecule has 0 aromatic heterocycles. The summed E-state index contributed by atoms with van der Waals surface area (Å²) >= 11 is 1.48. The van der Waals surface area contributed by atoms with Gasteiger partial charge in [-0.25, -0.2) is 9.79 Å². The first kappa shape index (κ1) is 22.6. The van der Waals surface area contributed by atoms with Gasteiger partial charge < -0.3 is 19.7 Å². The second-order valence-electron chi connectivity index (χ2n) is 8.40. The van der Waals surface area contributed by atoms with Gasteiger partial charge in [-0.05, 0) is 50.1 Å². The number of amides is 1. The highest BCUT2D eigenvalue weighted by Gasteiger charge is 2.41. The summed E-state index contributed by atoms with van der Waals surface area (Å²) in [4.78, 5) is 32.5. The summed E-state index contributed by atoms with van der Waals surface area (Å²) in [5.74, 6) is -0.415. The van der Waals surface area contributed by atoms with E-state index in [1.165, 1.54) is 11.8 Å². The summed E-state index contributed by atoms with van der Waals surface area (Å²) in [6, 6.07) is 6.10. The maximum absolute atomic E-state index is 13.2. The normalized spacial score (nSPS) is 20.0. The van der Waals surface area contributed by atoms with Gasteiger partial charge in [-0.1, -0.05) is 35.5 Å². The second kappa shape index (κ2) is 9.50. The van der Waals surface area contributed by atoms with Gasteiger partial charge in [0.15, 0.2) is 5.17 Å². The molecule has 7 nitrogen and oxygen atoms in total. The highest BCUT2D eigenvalue weighted by molar-refractivity contribution is 8.16. The summed E-state index contributed by atoms with van der Waals surface area (Å²) in [7, 11) is 1.57. The number of carbonyl (C=O) groups excluding carboxylic acids is 2. The van der Waals surface area contributed by atoms with Crippen molar-refractivity contribution in [3.63, 3.8) is 0 Å². The molecule has 2 aliphatic heterocycles. The standard InChI is InChI=1S/C24H29N3O4S/c1-14-5-8-19(15(2)11-14)22-21(23(29)31-10-9-30-4)16(3)25-24-27(22)18(13-32-24)12-20(28)26-17-6-7-17/h5,8,11,13,17,22H,6-7,9-10,12H2,1-4H3,(H,26,28)/t22-/m1/s1. The molecule has 0 bridgehead atoms. The number of aliphatic imine (C=N–C) groups is 1. The topological polar surface area (TPSA) is 80.2 Å². The van der Waals surface area contributed by atoms with Gasteiger partial charge >= 0.3 is 5.97 Å². The average Bonchev–Trinajstić information content (AvgIpc) is 3.46. The van der Waals surface area contributed by atoms with E-state index in [4.69, 9.17) is 14.5 Å². The van der Waals surface area contributed by atoms with Crippen molar-refractivity contribution in [1.82, 2.24) is 10.2 Å². The largest absolute Gasteiger partial charge is 0.460 e. The average molecular weight is 456 g/mol. The first-order valence-corrected chi connectivity index (χ1v) is 11.7. The van der Waals surface area contributed by atoms with Gasteiger partial charge in [-0.15, -0.1) is 0 Å². The number of ether oxygens (including phenoxy) is 2. The van der Waals surface area contributed by atoms with Crippen LogP contribution in [0.4, 0.5) is 0 Å². The molecule has 1 N–H and O–H groups in total. The van der Waals surface area contributed by atoms with Crippen molar-refractivity contribution in [2.75, 3.05) is 20.3 Å². The van der Waals surface area contributed by atoms with Crippen LogP contribution in [0.15, 0.2) is 45.6 Å². The van der Waals surface area contributed by atoms with Gasteiger partial charge in [0, 0.05) is 18.8 Å². The van der Waals surface area contributed by atoms with E-state index in [0.717, 1.165) is 40.4 Å². The van der Waals surface area contributed by atoms with Crippen LogP contribution in [0.2, 0.25) is 0 Å². The third kappa shape index (κ3) is 4.76. The molecule has 0 radical (unpaired) electrons. The number of rotatable bonds is 8. The molecule has 1 aromatic carbocycles. The number of benzene rings is 1. The Morgan fingerprint density at radius 1 is 1.22 bits per heavy atom. The lowest BCUT2D eigenvalue weighted by Crippen LogP contribution is -2.38. The van der Waals surface area contributed by atoms with Gasteiger partial charge in [-0.3, -0.25) is 4.79 Å². The Bertz CT molecular complexity index is 1030. The number of fused-ring (bicyclic) bond motifs is 1. The zero-order valence-corrected chi connectivity index (χ0v) is 19.8. The Morgan fingerprint density at radius 2 is 2.00 bits per heavy atom. The highest BCUT2D eigenvalue weighted by Crippen LogP contribution is 2.45. The van der Waals surface area contributed by atoms with Crippen LogP contribution in [0.25, 0.3) is 0 Å². The van der Waals surface area contributed by atoms with Crippen LogP contribution in [0.5, 0.6) is 0 Å². The molecule has 1 aromatic rings. The fraction of sp³-hybridized carbons (Fsp3) is 0.458. The number of hydrogen-bond donors (Lipinski definition) is 1. The SMILES string of the molecule is COCCOC(=O)C1=C(C)N=C2SC=C(CC(=O)NC3CC3)N2[C@@H]1c1ccc(C)cc1C. The Kier molecular flexibility index (Phi) is 6.71. The molecule has 1 saturated carbocycles. The molecule has 1 aliphatic carbocycles. The van der Waals surface area contributed by atoms with E-state index in [1.807, 2.05) is 37.1 Å². The lowest BCUT2D eigenvalue weighted by Gasteiger charge is -2.37. The van der Waals surface area contributed by atoms with Gasteiger partial charge in [0.2, 0.25) is 5.91 Å². The van der Waals surface area contributed by atoms with E-state index < -0.39 is 12.0 Å². The van der Waals surface area contributed by atoms with Crippen molar-refractivity contribution in [1.29, 1.82) is 0 Å². The van der Waals surface area contributed by atoms with Crippen LogP contribution in [-0.2, 0) is 19.1 Å². The Balaban J connectivity index is 1.70. The van der Waals surface area contributed by atoms with E-state index in [9.17, 15) is 9.59 Å². The fourth-order valence-corrected chi connectivity index (χ4v) is 4.99. The molecule has 4 rings (SSSR count). The lowest BCUT2D eigenvalue weighted by molar-refractivity contribution is -0.141. The number of methoxy groups -OCH3 is 1. The number of nitrogens with zero attached hydrogens (tertiary/aromatic N) is 2. The van der Waals surface area contributed by atoms with E-state index in [2.05, 4.69) is 17.4 Å². The van der Waals surface area contributed by atoms with E-state index in [0.29, 0.717) is 23.9 Å². The fourth-order valence-electron chi connectivity index (χ4n) is 4.02. The lowest BCUT2D eigenvalue weighted by atomic mass is 9.90. The quantitative estimate of drug-likeness (QED) is 0.475. The monoisotopic (exact) mass is 455 g/mol. The molecule has 0 spiro atoms. The first-order valence-electron chi connectivity index (χ1n) is 10.9. The molecular weight excluding hydrogens is 426 g/mol. The van der Waals surface area contributed by atoms with Crippen molar-refractivity contribution in [2.24, 2.45) is 4.99 Å². The van der Waals surface area contributed by atoms with Gasteiger partial charge in [-0.2, -0.15) is 0 Å². The maximum atomic E-state index is 13.2. The number of nitrogens with one attached hydrogen (secondary N) is 1. The highest BCUT2D eigenvalue weighted by atomic mass is 32.2. The molecule has 1 atom stereocenters. The summed E-state index contributed by atoms with van der Waals surface area (Å²) in [6.07, 6.45) is 2.33. The van der Waals surface area contributed by atoms with Gasteiger partial charge in [0.25, 0.3) is 0 Å². The van der Waals surface area contributed by atoms with Crippen molar-refractivity contribution in [3.8, 4) is 0 Å². The molecule has 3 aliphatic rings. The van der Waals surface area contributed by atoms with Crippen molar-refractivity contribution in [2.45, 2.75) is 52.1 Å². The van der Waals surface area contributed by atoms with Crippen LogP contribution < -0.4 is 5.32 Å². The van der Waals surface area contributed by atoms with Crippen LogP contribution in [0.1, 0.15) is 48.9 Å². The minimum Gasteiger partial charge on any atom is -0.460 e. The maximum Gasteiger partial charge on any atom is 0.338 e. The zero-order chi connectivity index (χ0) is 22.8. The minimum atomic E-state index is -0.411. The number of esters is 1. The number of amidine groups is 1. The molecular formula is C24H29N3O4S. The van der Waals surface area contributed by atoms with Crippen LogP contribution in [0, 0.1) is 13.8 Å². The number of thioether (sulfide) groups is 1. The predicted octanol–water partition coefficient (Wildman–Crippen LogP) is 3.74. The molecule has 1 fully saturated rings. The Labute approximate surface area is 192 Å². The predicted molar refractivity (Wildman–Crippen MR) is 125 cm³/mol. The molecule has 1 amide bonds. The molecule has 0 unspecified atom stereocenters. The Hall–Kier alpha value is -2.58. The summed E-state index contributed by atoms with van der Waals surface area (Å²) < 4.78 is 10.5. The number of carbonyl (C=O) groups is 2. The van der Waals surface area contributed by atoms with Crippen molar-refractivity contribution in [3.05, 3.63) is 57.3 Å². The number of aryl methyl sites for hydroxylation is 2. The molecule has 0 saturated heterocycles. The van der Waals surface area contributed by atoms with E-state index >= 15 is 0 Å². The first-order chi connectivity index (χ1) is 15.4. The molecule has 2 heterocycles. The molecule has 8 heteroatoms. The Morgan fingerprint density at radius 3 is 2.69 bits per heavy atom. The van der Waals surface area contributed by atoms with Gasteiger partial charge in [0.1, 0.15) is 6.61 Å². The third-order valence-corrected chi connectivity index (χ3v) is 6.63.